The second-order valence-electron chi connectivity index (χ2n) is 23.0. The van der Waals surface area contributed by atoms with E-state index in [-0.39, 0.29) is 38.5 Å². The number of ketones is 1. The van der Waals surface area contributed by atoms with Gasteiger partial charge in [0.15, 0.2) is 11.4 Å². The van der Waals surface area contributed by atoms with Crippen molar-refractivity contribution in [2.75, 3.05) is 10.6 Å². The molecule has 20 nitrogen and oxygen atoms in total. The number of fused-ring (bicyclic) bond motifs is 10. The average Bonchev–Trinajstić information content (AvgIpc) is 1.48. The second kappa shape index (κ2) is 27.1. The molecule has 8 rings (SSSR count). The summed E-state index contributed by atoms with van der Waals surface area (Å²) in [5.74, 6) is -6.67. The van der Waals surface area contributed by atoms with Crippen LogP contribution in [0.3, 0.4) is 0 Å². The normalized spacial score (nSPS) is 20.6. The van der Waals surface area contributed by atoms with Gasteiger partial charge in [0.05, 0.1) is 49.3 Å². The maximum atomic E-state index is 15.0. The van der Waals surface area contributed by atoms with Crippen molar-refractivity contribution in [3.63, 3.8) is 0 Å². The first kappa shape index (κ1) is 69.3. The lowest BCUT2D eigenvalue weighted by Gasteiger charge is -2.34. The van der Waals surface area contributed by atoms with E-state index in [1.165, 1.54) is 79.7 Å². The van der Waals surface area contributed by atoms with Gasteiger partial charge in [-0.1, -0.05) is 60.7 Å². The number of rotatable bonds is 8. The van der Waals surface area contributed by atoms with Crippen LogP contribution in [0.4, 0.5) is 73.6 Å². The number of carbonyl (C=O) groups excluding carboxylic acids is 3. The lowest BCUT2D eigenvalue weighted by molar-refractivity contribution is -0.305. The summed E-state index contributed by atoms with van der Waals surface area (Å²) in [6, 6.07) is 16.7. The molecule has 4 aromatic heterocycles. The van der Waals surface area contributed by atoms with E-state index in [0.717, 1.165) is 0 Å². The Balaban J connectivity index is 0.000000256. The highest BCUT2D eigenvalue weighted by atomic mass is 19.4. The molecule has 0 radical (unpaired) electrons. The van der Waals surface area contributed by atoms with Gasteiger partial charge in [0.2, 0.25) is 23.0 Å². The minimum Gasteiger partial charge on any atom is -0.474 e. The molecule has 2 aromatic carbocycles. The van der Waals surface area contributed by atoms with Gasteiger partial charge >= 0.3 is 36.9 Å². The van der Waals surface area contributed by atoms with Crippen LogP contribution in [0.1, 0.15) is 141 Å². The number of aliphatic hydroxyl groups is 1. The van der Waals surface area contributed by atoms with Crippen LogP contribution in [-0.2, 0) is 60.5 Å². The Morgan fingerprint density at radius 2 is 0.989 bits per heavy atom. The summed E-state index contributed by atoms with van der Waals surface area (Å²) < 4.78 is 218. The van der Waals surface area contributed by atoms with Crippen molar-refractivity contribution < 1.29 is 109 Å². The first-order valence-electron chi connectivity index (χ1n) is 27.7. The summed E-state index contributed by atoms with van der Waals surface area (Å²) in [7, 11) is 0. The van der Waals surface area contributed by atoms with Gasteiger partial charge in [-0.15, -0.1) is 20.4 Å². The van der Waals surface area contributed by atoms with Gasteiger partial charge in [-0.25, -0.2) is 19.6 Å². The maximum absolute atomic E-state index is 15.0. The topological polar surface area (TPSA) is 254 Å². The Morgan fingerprint density at radius 3 is 1.39 bits per heavy atom. The first-order chi connectivity index (χ1) is 41.8. The average molecular weight is 1290 g/mol. The molecule has 0 aliphatic carbocycles. The predicted octanol–water partition coefficient (Wildman–Crippen LogP) is 14.6. The molecule has 490 valence electrons. The van der Waals surface area contributed by atoms with E-state index in [1.54, 1.807) is 36.4 Å². The van der Waals surface area contributed by atoms with Crippen LogP contribution in [-0.4, -0.2) is 95.3 Å². The van der Waals surface area contributed by atoms with Crippen molar-refractivity contribution in [3.8, 4) is 34.9 Å². The number of nitrogens with one attached hydrogen (secondary N) is 2. The highest BCUT2D eigenvalue weighted by Crippen LogP contribution is 2.50. The van der Waals surface area contributed by atoms with Gasteiger partial charge in [0.1, 0.15) is 28.1 Å². The van der Waals surface area contributed by atoms with Crippen LogP contribution in [0.2, 0.25) is 0 Å². The van der Waals surface area contributed by atoms with Crippen LogP contribution >= 0.6 is 0 Å². The number of amides is 2. The Morgan fingerprint density at radius 1 is 0.589 bits per heavy atom. The van der Waals surface area contributed by atoms with Gasteiger partial charge < -0.3 is 42.4 Å². The fourth-order valence-electron chi connectivity index (χ4n) is 8.99. The van der Waals surface area contributed by atoms with Crippen molar-refractivity contribution in [2.24, 2.45) is 0 Å². The predicted molar refractivity (Wildman–Crippen MR) is 291 cm³/mol. The molecule has 90 heavy (non-hydrogen) atoms. The van der Waals surface area contributed by atoms with Crippen LogP contribution in [0.5, 0.6) is 11.8 Å². The van der Waals surface area contributed by atoms with Gasteiger partial charge in [-0.2, -0.15) is 52.7 Å². The molecule has 5 atom stereocenters. The second-order valence-corrected chi connectivity index (χ2v) is 23.0. The highest BCUT2D eigenvalue weighted by molar-refractivity contribution is 5.90. The number of carbonyl (C=O) groups is 3. The van der Waals surface area contributed by atoms with E-state index in [4.69, 9.17) is 37.3 Å². The number of halogens is 12. The Labute approximate surface area is 505 Å². The lowest BCUT2D eigenvalue weighted by Crippen LogP contribution is -2.47. The molecule has 6 heterocycles. The number of hydrogen-bond donors (Lipinski definition) is 3. The van der Waals surface area contributed by atoms with E-state index in [2.05, 4.69) is 41.0 Å². The van der Waals surface area contributed by atoms with Crippen molar-refractivity contribution in [3.05, 3.63) is 107 Å². The number of ether oxygens (including phenoxy) is 6. The number of anilines is 2. The number of benzene rings is 2. The number of aromatic nitrogens is 6. The maximum Gasteiger partial charge on any atom is 0.427 e. The van der Waals surface area contributed by atoms with Gasteiger partial charge in [0.25, 0.3) is 23.6 Å². The summed E-state index contributed by atoms with van der Waals surface area (Å²) >= 11 is 0. The Bertz CT molecular complexity index is 3440. The molecule has 2 aliphatic rings. The molecule has 0 saturated carbocycles. The summed E-state index contributed by atoms with van der Waals surface area (Å²) in [6.07, 6.45) is -29.1. The molecule has 2 amide bonds. The number of alkyl halides is 12. The molecule has 0 fully saturated rings. The van der Waals surface area contributed by atoms with Crippen LogP contribution in [0.25, 0.3) is 23.2 Å². The molecule has 3 N–H and O–H groups in total. The molecule has 2 aliphatic heterocycles. The zero-order valence-electron chi connectivity index (χ0n) is 49.4. The summed E-state index contributed by atoms with van der Waals surface area (Å²) in [5, 5.41) is 29.4. The summed E-state index contributed by atoms with van der Waals surface area (Å²) in [6.45, 7) is 10.8. The van der Waals surface area contributed by atoms with Crippen LogP contribution < -0.4 is 20.1 Å². The standard InChI is InChI=1S/C29H32F6N4O6.C29H30F6N4O6/c2*1-16-9-8-12-18(40)14-27(29(33,34)35,42-15-17-10-6-5-7-11-17)24-39-38-23(44-24)21-20(36-25(41)45-26(2,3)4)13-19(28(30,31)32)22(37-21)43-16/h5-7,10-11,13,16,18,40H,8-9,12,14-15H2,1-4H3,(H,36,41);5-7,10-11,13,16H,8-9,12,14-15H2,1-4H3,(H,36,41)/t16-,18?,27-;16-,27-/m11/s1. The van der Waals surface area contributed by atoms with E-state index in [0.29, 0.717) is 23.3 Å². The number of pyridine rings is 2. The Hall–Kier alpha value is -8.13. The quantitative estimate of drug-likeness (QED) is 0.120. The third kappa shape index (κ3) is 17.6. The van der Waals surface area contributed by atoms with Crippen molar-refractivity contribution in [2.45, 2.75) is 185 Å². The minimum atomic E-state index is -5.27. The fourth-order valence-corrected chi connectivity index (χ4v) is 8.99. The number of nitrogens with zero attached hydrogens (tertiary/aromatic N) is 6. The largest absolute Gasteiger partial charge is 0.474 e. The lowest BCUT2D eigenvalue weighted by atomic mass is 9.92. The van der Waals surface area contributed by atoms with E-state index in [1.807, 2.05) is 0 Å². The molecule has 6 aromatic rings. The smallest absolute Gasteiger partial charge is 0.427 e. The van der Waals surface area contributed by atoms with Crippen molar-refractivity contribution >= 4 is 29.3 Å². The van der Waals surface area contributed by atoms with Crippen LogP contribution in [0.15, 0.2) is 81.6 Å². The fraction of sp³-hybridized carbons (Fsp3) is 0.500. The van der Waals surface area contributed by atoms with Gasteiger partial charge in [0, 0.05) is 12.8 Å². The van der Waals surface area contributed by atoms with Crippen molar-refractivity contribution in [1.82, 2.24) is 30.4 Å². The van der Waals surface area contributed by atoms with E-state index in [9.17, 15) is 72.2 Å². The Kier molecular flexibility index (Phi) is 20.9. The molecule has 1 unspecified atom stereocenters. The monoisotopic (exact) mass is 1290 g/mol. The SMILES string of the molecule is C[C@@H]1CCCC(=O)C[C@](OCc2ccccc2)(C(F)(F)F)c2nnc(o2)-c2nc(c(C(F)(F)F)cc2NC(=O)OC(C)(C)C)O1.C[C@@H]1CCCC(O)C[C@](OCc2ccccc2)(C(F)(F)F)c2nnc(o2)-c2nc(c(C(F)(F)F)cc2NC(=O)OC(C)(C)C)O1. The third-order valence-corrected chi connectivity index (χ3v) is 13.2. The number of hydrogen-bond acceptors (Lipinski definition) is 18. The third-order valence-electron chi connectivity index (χ3n) is 13.2. The summed E-state index contributed by atoms with van der Waals surface area (Å²) in [4.78, 5) is 45.9. The molecule has 0 saturated heterocycles. The number of Topliss-reactive ketones (excluding diaryl/α,β-unsaturated/α-hetero) is 1. The molecule has 0 spiro atoms. The molecule has 8 bridgehead atoms. The zero-order chi connectivity index (χ0) is 66.4. The zero-order valence-corrected chi connectivity index (χ0v) is 49.4. The molecular weight excluding hydrogens is 1230 g/mol. The first-order valence-corrected chi connectivity index (χ1v) is 27.7. The van der Waals surface area contributed by atoms with Gasteiger partial charge in [-0.05, 0) is 111 Å². The highest BCUT2D eigenvalue weighted by Gasteiger charge is 2.64. The van der Waals surface area contributed by atoms with E-state index >= 15 is 0 Å². The molecular formula is C58H62F12N8O12. The van der Waals surface area contributed by atoms with Crippen molar-refractivity contribution in [1.29, 1.82) is 0 Å². The van der Waals surface area contributed by atoms with E-state index < -0.39 is 179 Å². The number of aliphatic hydroxyl groups excluding tert-OH is 1. The van der Waals surface area contributed by atoms with Gasteiger partial charge in [-0.3, -0.25) is 15.4 Å². The van der Waals surface area contributed by atoms with Crippen LogP contribution in [0, 0.1) is 0 Å². The summed E-state index contributed by atoms with van der Waals surface area (Å²) in [5.41, 5.74) is -13.5. The minimum absolute atomic E-state index is 0.000242. The molecule has 32 heteroatoms.